The summed E-state index contributed by atoms with van der Waals surface area (Å²) >= 11 is 13.3. The van der Waals surface area contributed by atoms with Gasteiger partial charge >= 0.3 is 0 Å². The lowest BCUT2D eigenvalue weighted by molar-refractivity contribution is 0.103. The van der Waals surface area contributed by atoms with Gasteiger partial charge < -0.3 is 4.18 Å². The van der Waals surface area contributed by atoms with Crippen LogP contribution in [0.15, 0.2) is 51.9 Å². The Hall–Kier alpha value is -0.740. The molecule has 0 saturated carbocycles. The van der Waals surface area contributed by atoms with Gasteiger partial charge in [0, 0.05) is 39.0 Å². The molecule has 0 amide bonds. The Balaban J connectivity index is 2.97. The third-order valence-corrected chi connectivity index (χ3v) is 4.38. The molecule has 1 aromatic rings. The Kier molecular flexibility index (Phi) is 9.88. The molecule has 0 heterocycles. The number of benzene rings is 1. The molecule has 1 aromatic carbocycles. The van der Waals surface area contributed by atoms with Crippen molar-refractivity contribution in [2.75, 3.05) is 12.5 Å². The van der Waals surface area contributed by atoms with Crippen LogP contribution < -0.4 is 0 Å². The number of allylic oxidation sites excluding steroid dienone is 4. The molecule has 0 radical (unpaired) electrons. The molecule has 25 heavy (non-hydrogen) atoms. The summed E-state index contributed by atoms with van der Waals surface area (Å²) in [4.78, 5) is 13.8. The van der Waals surface area contributed by atoms with Crippen molar-refractivity contribution < 1.29 is 8.98 Å². The first-order valence-corrected chi connectivity index (χ1v) is 9.99. The van der Waals surface area contributed by atoms with E-state index in [1.54, 1.807) is 18.2 Å². The molecule has 0 bridgehead atoms. The molecule has 2 nitrogen and oxygen atoms in total. The largest absolute Gasteiger partial charge is 0.310 e. The van der Waals surface area contributed by atoms with Gasteiger partial charge in [-0.05, 0) is 24.0 Å². The molecule has 0 atom stereocenters. The van der Waals surface area contributed by atoms with Gasteiger partial charge in [-0.2, -0.15) is 0 Å². The van der Waals surface area contributed by atoms with Crippen LogP contribution in [0.25, 0.3) is 0 Å². The molecule has 0 aliphatic rings. The van der Waals surface area contributed by atoms with Gasteiger partial charge in [-0.3, -0.25) is 4.79 Å². The van der Waals surface area contributed by atoms with Crippen molar-refractivity contribution in [3.63, 3.8) is 0 Å². The van der Waals surface area contributed by atoms with Crippen molar-refractivity contribution in [3.8, 4) is 0 Å². The van der Waals surface area contributed by atoms with Crippen molar-refractivity contribution in [2.24, 2.45) is 5.41 Å². The third-order valence-electron chi connectivity index (χ3n) is 3.12. The maximum absolute atomic E-state index is 12.9. The molecule has 1 rings (SSSR count). The monoisotopic (exact) mass is 400 g/mol. The number of rotatable bonds is 9. The molecule has 0 aliphatic heterocycles. The highest BCUT2D eigenvalue weighted by molar-refractivity contribution is 7.94. The van der Waals surface area contributed by atoms with E-state index < -0.39 is 0 Å². The second-order valence-electron chi connectivity index (χ2n) is 6.89. The van der Waals surface area contributed by atoms with E-state index in [-0.39, 0.29) is 11.2 Å². The fraction of sp³-hybridized carbons (Fsp3) is 0.450. The highest BCUT2D eigenvalue weighted by Crippen LogP contribution is 2.26. The molecule has 0 aromatic heterocycles. The molecule has 0 aliphatic carbocycles. The molecular formula is C20H26Cl2O2S. The number of hydrogen-bond acceptors (Lipinski definition) is 3. The number of alkyl halides is 1. The molecule has 0 N–H and O–H groups in total. The number of hydrogen-bond donors (Lipinski definition) is 0. The Morgan fingerprint density at radius 1 is 1.32 bits per heavy atom. The van der Waals surface area contributed by atoms with Crippen molar-refractivity contribution >= 4 is 41.0 Å². The minimum absolute atomic E-state index is 0.0936. The number of ketones is 1. The quantitative estimate of drug-likeness (QED) is 0.146. The summed E-state index contributed by atoms with van der Waals surface area (Å²) in [6.07, 6.45) is 4.99. The lowest BCUT2D eigenvalue weighted by atomic mass is 9.99. The van der Waals surface area contributed by atoms with Crippen LogP contribution in [0.3, 0.4) is 0 Å². The van der Waals surface area contributed by atoms with E-state index in [9.17, 15) is 4.79 Å². The predicted octanol–water partition coefficient (Wildman–Crippen LogP) is 7.03. The zero-order chi connectivity index (χ0) is 18.9. The fourth-order valence-corrected chi connectivity index (χ4v) is 3.21. The van der Waals surface area contributed by atoms with Crippen molar-refractivity contribution in [3.05, 3.63) is 52.6 Å². The van der Waals surface area contributed by atoms with Gasteiger partial charge in [0.25, 0.3) is 0 Å². The Morgan fingerprint density at radius 3 is 2.64 bits per heavy atom. The summed E-state index contributed by atoms with van der Waals surface area (Å²) in [6, 6.07) is 7.41. The highest BCUT2D eigenvalue weighted by Gasteiger charge is 2.15. The molecule has 0 unspecified atom stereocenters. The minimum Gasteiger partial charge on any atom is -0.310 e. The molecule has 138 valence electrons. The summed E-state index contributed by atoms with van der Waals surface area (Å²) in [7, 11) is 0. The Labute approximate surface area is 165 Å². The van der Waals surface area contributed by atoms with Crippen molar-refractivity contribution in [1.29, 1.82) is 0 Å². The van der Waals surface area contributed by atoms with Gasteiger partial charge in [0.15, 0.2) is 5.78 Å². The van der Waals surface area contributed by atoms with Crippen LogP contribution in [0.4, 0.5) is 0 Å². The molecule has 5 heteroatoms. The zero-order valence-corrected chi connectivity index (χ0v) is 17.6. The summed E-state index contributed by atoms with van der Waals surface area (Å²) in [6.45, 7) is 9.00. The first-order valence-electron chi connectivity index (χ1n) is 8.34. The Bertz CT molecular complexity index is 631. The van der Waals surface area contributed by atoms with Crippen molar-refractivity contribution in [2.45, 2.75) is 45.4 Å². The van der Waals surface area contributed by atoms with E-state index in [0.717, 1.165) is 11.3 Å². The first-order chi connectivity index (χ1) is 11.8. The zero-order valence-electron chi connectivity index (χ0n) is 15.3. The maximum atomic E-state index is 12.9. The smallest absolute Gasteiger partial charge is 0.194 e. The standard InChI is InChI=1S/C20H26Cl2O2S/c1-5-8-18(22)17(11-7-12-21)19(23)15-9-6-10-16(13-15)25-24-14-20(2,3)4/h6-7,9-11,13H,5,8,12,14H2,1-4H3/b11-7?,18-17-. The first kappa shape index (κ1) is 22.3. The minimum atomic E-state index is -0.0990. The van der Waals surface area contributed by atoms with Crippen LogP contribution in [0.2, 0.25) is 0 Å². The highest BCUT2D eigenvalue weighted by atomic mass is 35.5. The van der Waals surface area contributed by atoms with E-state index >= 15 is 0 Å². The van der Waals surface area contributed by atoms with Crippen LogP contribution in [0, 0.1) is 5.41 Å². The van der Waals surface area contributed by atoms with Crippen LogP contribution in [-0.4, -0.2) is 18.3 Å². The molecule has 0 fully saturated rings. The molecule has 0 spiro atoms. The average Bonchev–Trinajstić information content (AvgIpc) is 2.54. The van der Waals surface area contributed by atoms with E-state index in [1.807, 2.05) is 25.1 Å². The number of halogens is 2. The van der Waals surface area contributed by atoms with E-state index in [0.29, 0.717) is 35.1 Å². The topological polar surface area (TPSA) is 26.3 Å². The predicted molar refractivity (Wildman–Crippen MR) is 110 cm³/mol. The number of carbonyl (C=O) groups excluding carboxylic acids is 1. The summed E-state index contributed by atoms with van der Waals surface area (Å²) < 4.78 is 5.67. The fourth-order valence-electron chi connectivity index (χ4n) is 1.92. The maximum Gasteiger partial charge on any atom is 0.194 e. The lowest BCUT2D eigenvalue weighted by Gasteiger charge is -2.17. The average molecular weight is 401 g/mol. The van der Waals surface area contributed by atoms with Crippen molar-refractivity contribution in [1.82, 2.24) is 0 Å². The van der Waals surface area contributed by atoms with Gasteiger partial charge in [0.05, 0.1) is 6.61 Å². The van der Waals surface area contributed by atoms with Crippen LogP contribution in [0.1, 0.15) is 50.9 Å². The summed E-state index contributed by atoms with van der Waals surface area (Å²) in [5.74, 6) is 0.238. The van der Waals surface area contributed by atoms with Crippen LogP contribution in [-0.2, 0) is 4.18 Å². The van der Waals surface area contributed by atoms with E-state index in [2.05, 4.69) is 20.8 Å². The second kappa shape index (κ2) is 11.1. The van der Waals surface area contributed by atoms with Gasteiger partial charge in [0.2, 0.25) is 0 Å². The van der Waals surface area contributed by atoms with E-state index in [1.165, 1.54) is 12.0 Å². The van der Waals surface area contributed by atoms with Gasteiger partial charge in [0.1, 0.15) is 0 Å². The summed E-state index contributed by atoms with van der Waals surface area (Å²) in [5.41, 5.74) is 1.19. The van der Waals surface area contributed by atoms with Gasteiger partial charge in [-0.15, -0.1) is 11.6 Å². The second-order valence-corrected chi connectivity index (χ2v) is 8.53. The summed E-state index contributed by atoms with van der Waals surface area (Å²) in [5, 5.41) is 0.566. The Morgan fingerprint density at radius 2 is 2.04 bits per heavy atom. The number of carbonyl (C=O) groups is 1. The van der Waals surface area contributed by atoms with Gasteiger partial charge in [-0.25, -0.2) is 0 Å². The van der Waals surface area contributed by atoms with E-state index in [4.69, 9.17) is 27.4 Å². The van der Waals surface area contributed by atoms with Gasteiger partial charge in [-0.1, -0.05) is 70.0 Å². The normalized spacial score (nSPS) is 13.2. The number of Topliss-reactive ketones (excluding diaryl/α,β-unsaturated/α-hetero) is 1. The van der Waals surface area contributed by atoms with Crippen LogP contribution >= 0.6 is 35.2 Å². The molecular weight excluding hydrogens is 375 g/mol. The lowest BCUT2D eigenvalue weighted by Crippen LogP contribution is -2.11. The molecule has 0 saturated heterocycles. The SMILES string of the molecule is CCC/C(Cl)=C(\C=CCCl)C(=O)c1cccc(SOCC(C)(C)C)c1. The third kappa shape index (κ3) is 8.46. The van der Waals surface area contributed by atoms with Crippen LogP contribution in [0.5, 0.6) is 0 Å².